The van der Waals surface area contributed by atoms with Gasteiger partial charge in [0.05, 0.1) is 20.8 Å². The Labute approximate surface area is 174 Å². The molecule has 1 amide bonds. The quantitative estimate of drug-likeness (QED) is 0.372. The Kier molecular flexibility index (Phi) is 5.06. The van der Waals surface area contributed by atoms with E-state index in [1.165, 1.54) is 0 Å². The molecule has 0 fully saturated rings. The van der Waals surface area contributed by atoms with Crippen LogP contribution in [0.2, 0.25) is 15.1 Å². The second-order valence-corrected chi connectivity index (χ2v) is 8.10. The molecule has 7 heteroatoms. The van der Waals surface area contributed by atoms with E-state index in [0.717, 1.165) is 20.8 Å². The van der Waals surface area contributed by atoms with Crippen LogP contribution < -0.4 is 5.32 Å². The molecule has 0 aliphatic heterocycles. The minimum absolute atomic E-state index is 0.302. The van der Waals surface area contributed by atoms with Gasteiger partial charge in [-0.1, -0.05) is 46.9 Å². The summed E-state index contributed by atoms with van der Waals surface area (Å²) in [6, 6.07) is 17.9. The maximum Gasteiger partial charge on any atom is 0.257 e. The summed E-state index contributed by atoms with van der Waals surface area (Å²) in [5, 5.41) is 5.22. The number of carbonyl (C=O) groups excluding carboxylic acids is 1. The lowest BCUT2D eigenvalue weighted by atomic mass is 10.2. The number of carbonyl (C=O) groups is 1. The van der Waals surface area contributed by atoms with Crippen LogP contribution in [-0.2, 0) is 0 Å². The van der Waals surface area contributed by atoms with E-state index in [1.54, 1.807) is 29.5 Å². The number of hydrogen-bond acceptors (Lipinski definition) is 3. The molecule has 0 radical (unpaired) electrons. The van der Waals surface area contributed by atoms with Crippen LogP contribution in [0.25, 0.3) is 20.8 Å². The smallest absolute Gasteiger partial charge is 0.257 e. The van der Waals surface area contributed by atoms with Crippen molar-refractivity contribution in [1.29, 1.82) is 0 Å². The Balaban J connectivity index is 1.61. The van der Waals surface area contributed by atoms with Gasteiger partial charge in [-0.2, -0.15) is 0 Å². The first-order chi connectivity index (χ1) is 13.0. The minimum Gasteiger partial charge on any atom is -0.322 e. The average Bonchev–Trinajstić information content (AvgIpc) is 3.05. The topological polar surface area (TPSA) is 42.0 Å². The molecule has 1 heterocycles. The second-order valence-electron chi connectivity index (χ2n) is 5.79. The number of hydrogen-bond donors (Lipinski definition) is 1. The first kappa shape index (κ1) is 18.3. The second kappa shape index (κ2) is 7.49. The summed E-state index contributed by atoms with van der Waals surface area (Å²) in [4.78, 5) is 17.1. The molecular weight excluding hydrogens is 423 g/mol. The van der Waals surface area contributed by atoms with E-state index in [2.05, 4.69) is 10.3 Å². The van der Waals surface area contributed by atoms with Crippen molar-refractivity contribution in [2.24, 2.45) is 0 Å². The molecule has 4 aromatic rings. The predicted molar refractivity (Wildman–Crippen MR) is 114 cm³/mol. The number of thiazole rings is 1. The van der Waals surface area contributed by atoms with E-state index in [1.807, 2.05) is 42.5 Å². The zero-order chi connectivity index (χ0) is 19.0. The fourth-order valence-electron chi connectivity index (χ4n) is 2.59. The molecule has 0 spiro atoms. The molecule has 0 aliphatic carbocycles. The van der Waals surface area contributed by atoms with E-state index in [0.29, 0.717) is 26.3 Å². The van der Waals surface area contributed by atoms with Crippen LogP contribution in [0.3, 0.4) is 0 Å². The molecule has 0 saturated carbocycles. The Bertz CT molecular complexity index is 1160. The van der Waals surface area contributed by atoms with Gasteiger partial charge >= 0.3 is 0 Å². The van der Waals surface area contributed by atoms with E-state index in [9.17, 15) is 4.79 Å². The van der Waals surface area contributed by atoms with Crippen LogP contribution in [0.5, 0.6) is 0 Å². The average molecular weight is 434 g/mol. The summed E-state index contributed by atoms with van der Waals surface area (Å²) >= 11 is 19.5. The first-order valence-electron chi connectivity index (χ1n) is 7.92. The highest BCUT2D eigenvalue weighted by molar-refractivity contribution is 7.21. The maximum atomic E-state index is 12.5. The highest BCUT2D eigenvalue weighted by Gasteiger charge is 2.12. The van der Waals surface area contributed by atoms with Crippen molar-refractivity contribution >= 4 is 68.0 Å². The zero-order valence-corrected chi connectivity index (χ0v) is 16.8. The Morgan fingerprint density at radius 3 is 2.37 bits per heavy atom. The largest absolute Gasteiger partial charge is 0.322 e. The fraction of sp³-hybridized carbons (Fsp3) is 0. The number of nitrogens with zero attached hydrogens (tertiary/aromatic N) is 1. The number of aromatic nitrogens is 1. The molecule has 1 aromatic heterocycles. The monoisotopic (exact) mass is 432 g/mol. The highest BCUT2D eigenvalue weighted by atomic mass is 35.5. The van der Waals surface area contributed by atoms with Crippen LogP contribution >= 0.6 is 46.1 Å². The number of anilines is 1. The number of rotatable bonds is 3. The van der Waals surface area contributed by atoms with Crippen LogP contribution in [-0.4, -0.2) is 10.9 Å². The maximum absolute atomic E-state index is 12.5. The third kappa shape index (κ3) is 3.94. The SMILES string of the molecule is O=C(Nc1ccc2sc(-c3ccc(Cl)cc3)nc2c1)c1ccc(Cl)cc1Cl. The molecule has 134 valence electrons. The first-order valence-corrected chi connectivity index (χ1v) is 9.87. The molecule has 0 atom stereocenters. The van der Waals surface area contributed by atoms with Crippen molar-refractivity contribution in [2.75, 3.05) is 5.32 Å². The van der Waals surface area contributed by atoms with Gasteiger partial charge in [0.2, 0.25) is 0 Å². The highest BCUT2D eigenvalue weighted by Crippen LogP contribution is 2.32. The Hall–Kier alpha value is -2.11. The summed E-state index contributed by atoms with van der Waals surface area (Å²) in [5.74, 6) is -0.302. The molecule has 3 aromatic carbocycles. The van der Waals surface area contributed by atoms with Crippen LogP contribution in [0.15, 0.2) is 60.7 Å². The van der Waals surface area contributed by atoms with E-state index in [-0.39, 0.29) is 5.91 Å². The van der Waals surface area contributed by atoms with Crippen molar-refractivity contribution in [2.45, 2.75) is 0 Å². The summed E-state index contributed by atoms with van der Waals surface area (Å²) in [5.41, 5.74) is 2.82. The normalized spacial score (nSPS) is 10.9. The molecule has 0 aliphatic rings. The van der Waals surface area contributed by atoms with Gasteiger partial charge < -0.3 is 5.32 Å². The van der Waals surface area contributed by atoms with Crippen molar-refractivity contribution in [3.8, 4) is 10.6 Å². The van der Waals surface area contributed by atoms with Crippen molar-refractivity contribution in [1.82, 2.24) is 4.98 Å². The zero-order valence-electron chi connectivity index (χ0n) is 13.7. The Morgan fingerprint density at radius 2 is 1.63 bits per heavy atom. The van der Waals surface area contributed by atoms with Gasteiger partial charge in [-0.25, -0.2) is 4.98 Å². The number of nitrogens with one attached hydrogen (secondary N) is 1. The van der Waals surface area contributed by atoms with E-state index >= 15 is 0 Å². The van der Waals surface area contributed by atoms with Gasteiger partial charge in [0, 0.05) is 21.3 Å². The van der Waals surface area contributed by atoms with Gasteiger partial charge in [0.1, 0.15) is 5.01 Å². The third-order valence-corrected chi connectivity index (χ3v) is 5.80. The number of amides is 1. The number of benzene rings is 3. The number of fused-ring (bicyclic) bond motifs is 1. The summed E-state index contributed by atoms with van der Waals surface area (Å²) in [6.07, 6.45) is 0. The molecule has 0 saturated heterocycles. The molecule has 4 rings (SSSR count). The lowest BCUT2D eigenvalue weighted by Gasteiger charge is -2.07. The van der Waals surface area contributed by atoms with Gasteiger partial charge in [0.15, 0.2) is 0 Å². The van der Waals surface area contributed by atoms with Gasteiger partial charge in [-0.3, -0.25) is 4.79 Å². The molecule has 27 heavy (non-hydrogen) atoms. The van der Waals surface area contributed by atoms with Gasteiger partial charge in [-0.15, -0.1) is 11.3 Å². The molecular formula is C20H11Cl3N2OS. The molecule has 0 bridgehead atoms. The number of halogens is 3. The van der Waals surface area contributed by atoms with Gasteiger partial charge in [0.25, 0.3) is 5.91 Å². The van der Waals surface area contributed by atoms with Crippen LogP contribution in [0.1, 0.15) is 10.4 Å². The van der Waals surface area contributed by atoms with Crippen molar-refractivity contribution in [3.05, 3.63) is 81.3 Å². The molecule has 3 nitrogen and oxygen atoms in total. The summed E-state index contributed by atoms with van der Waals surface area (Å²) < 4.78 is 1.03. The van der Waals surface area contributed by atoms with Crippen molar-refractivity contribution in [3.63, 3.8) is 0 Å². The molecule has 1 N–H and O–H groups in total. The van der Waals surface area contributed by atoms with Crippen LogP contribution in [0.4, 0.5) is 5.69 Å². The third-order valence-electron chi connectivity index (χ3n) is 3.91. The van der Waals surface area contributed by atoms with Gasteiger partial charge in [-0.05, 0) is 48.5 Å². The summed E-state index contributed by atoms with van der Waals surface area (Å²) in [6.45, 7) is 0. The lowest BCUT2D eigenvalue weighted by Crippen LogP contribution is -2.12. The standard InChI is InChI=1S/C20H11Cl3N2OS/c21-12-3-1-11(2-4-12)20-25-17-10-14(6-8-18(17)27-20)24-19(26)15-7-5-13(22)9-16(15)23/h1-10H,(H,24,26). The molecule has 0 unspecified atom stereocenters. The van der Waals surface area contributed by atoms with E-state index < -0.39 is 0 Å². The lowest BCUT2D eigenvalue weighted by molar-refractivity contribution is 0.102. The van der Waals surface area contributed by atoms with E-state index in [4.69, 9.17) is 34.8 Å². The predicted octanol–water partition coefficient (Wildman–Crippen LogP) is 7.18. The van der Waals surface area contributed by atoms with Crippen LogP contribution in [0, 0.1) is 0 Å². The van der Waals surface area contributed by atoms with Crippen molar-refractivity contribution < 1.29 is 4.79 Å². The minimum atomic E-state index is -0.302. The fourth-order valence-corrected chi connectivity index (χ4v) is 4.16. The Morgan fingerprint density at radius 1 is 0.889 bits per heavy atom. The summed E-state index contributed by atoms with van der Waals surface area (Å²) in [7, 11) is 0.